The van der Waals surface area contributed by atoms with Gasteiger partial charge in [0.2, 0.25) is 0 Å². The van der Waals surface area contributed by atoms with Crippen molar-refractivity contribution in [3.63, 3.8) is 0 Å². The maximum atomic E-state index is 5.77. The van der Waals surface area contributed by atoms with Crippen LogP contribution >= 0.6 is 0 Å². The number of hydrogen-bond acceptors (Lipinski definition) is 2. The van der Waals surface area contributed by atoms with Crippen molar-refractivity contribution in [2.45, 2.75) is 31.7 Å². The molecule has 0 unspecified atom stereocenters. The van der Waals surface area contributed by atoms with Crippen molar-refractivity contribution in [3.05, 3.63) is 29.8 Å². The van der Waals surface area contributed by atoms with Crippen LogP contribution in [0, 0.1) is 0 Å². The molecule has 1 heterocycles. The van der Waals surface area contributed by atoms with Gasteiger partial charge in [-0.2, -0.15) is 0 Å². The molecular formula is C12H18N2. The van der Waals surface area contributed by atoms with E-state index in [0.29, 0.717) is 12.0 Å². The maximum Gasteiger partial charge on any atom is 0.0376 e. The van der Waals surface area contributed by atoms with Crippen LogP contribution in [-0.4, -0.2) is 12.6 Å². The topological polar surface area (TPSA) is 38.0 Å². The molecule has 0 saturated heterocycles. The van der Waals surface area contributed by atoms with E-state index in [9.17, 15) is 0 Å². The van der Waals surface area contributed by atoms with E-state index in [0.717, 1.165) is 13.0 Å². The fraction of sp³-hybridized carbons (Fsp3) is 0.500. The Labute approximate surface area is 85.5 Å². The fourth-order valence-electron chi connectivity index (χ4n) is 2.08. The Balaban J connectivity index is 2.03. The van der Waals surface area contributed by atoms with E-state index in [1.54, 1.807) is 0 Å². The predicted octanol–water partition coefficient (Wildman–Crippen LogP) is 2.32. The number of benzene rings is 1. The number of rotatable bonds is 3. The summed E-state index contributed by atoms with van der Waals surface area (Å²) in [5.41, 5.74) is 8.54. The lowest BCUT2D eigenvalue weighted by molar-refractivity contribution is 0.567. The lowest BCUT2D eigenvalue weighted by Crippen LogP contribution is -2.16. The summed E-state index contributed by atoms with van der Waals surface area (Å²) < 4.78 is 0. The third-order valence-electron chi connectivity index (χ3n) is 2.91. The van der Waals surface area contributed by atoms with Crippen LogP contribution in [0.1, 0.15) is 31.2 Å². The number of nitrogens with one attached hydrogen (secondary N) is 1. The van der Waals surface area contributed by atoms with Crippen LogP contribution in [0.5, 0.6) is 0 Å². The Hall–Kier alpha value is -1.02. The summed E-state index contributed by atoms with van der Waals surface area (Å²) in [6.07, 6.45) is 2.31. The van der Waals surface area contributed by atoms with Crippen LogP contribution in [0.2, 0.25) is 0 Å². The van der Waals surface area contributed by atoms with E-state index in [4.69, 9.17) is 5.73 Å². The van der Waals surface area contributed by atoms with Crippen molar-refractivity contribution >= 4 is 5.69 Å². The molecule has 3 N–H and O–H groups in total. The summed E-state index contributed by atoms with van der Waals surface area (Å²) in [6.45, 7) is 3.15. The van der Waals surface area contributed by atoms with Gasteiger partial charge in [-0.15, -0.1) is 0 Å². The van der Waals surface area contributed by atoms with Crippen LogP contribution in [0.3, 0.4) is 0 Å². The van der Waals surface area contributed by atoms with E-state index in [-0.39, 0.29) is 0 Å². The van der Waals surface area contributed by atoms with Crippen LogP contribution in [0.15, 0.2) is 24.3 Å². The molecule has 2 heteroatoms. The number of anilines is 1. The van der Waals surface area contributed by atoms with E-state index in [1.165, 1.54) is 17.7 Å². The first-order chi connectivity index (χ1) is 6.77. The second-order valence-electron chi connectivity index (χ2n) is 4.22. The van der Waals surface area contributed by atoms with Crippen molar-refractivity contribution in [2.24, 2.45) is 5.73 Å². The summed E-state index contributed by atoms with van der Waals surface area (Å²) in [5.74, 6) is 0.664. The molecule has 0 saturated carbocycles. The van der Waals surface area contributed by atoms with Gasteiger partial charge in [0.25, 0.3) is 0 Å². The molecule has 14 heavy (non-hydrogen) atoms. The monoisotopic (exact) mass is 190 g/mol. The molecule has 1 aromatic rings. The van der Waals surface area contributed by atoms with Gasteiger partial charge in [0, 0.05) is 24.2 Å². The summed E-state index contributed by atoms with van der Waals surface area (Å²) in [6, 6.07) is 8.90. The quantitative estimate of drug-likeness (QED) is 0.767. The number of nitrogens with two attached hydrogens (primary N) is 1. The van der Waals surface area contributed by atoms with Gasteiger partial charge in [0.1, 0.15) is 0 Å². The van der Waals surface area contributed by atoms with E-state index in [1.807, 2.05) is 0 Å². The van der Waals surface area contributed by atoms with Crippen LogP contribution in [0.25, 0.3) is 0 Å². The molecule has 1 aliphatic heterocycles. The zero-order valence-corrected chi connectivity index (χ0v) is 8.66. The molecule has 0 aromatic heterocycles. The van der Waals surface area contributed by atoms with Gasteiger partial charge < -0.3 is 11.1 Å². The zero-order valence-electron chi connectivity index (χ0n) is 8.66. The molecule has 76 valence electrons. The van der Waals surface area contributed by atoms with Gasteiger partial charge in [0.15, 0.2) is 0 Å². The van der Waals surface area contributed by atoms with Crippen molar-refractivity contribution in [1.82, 2.24) is 0 Å². The molecule has 0 amide bonds. The average Bonchev–Trinajstić information content (AvgIpc) is 2.58. The highest BCUT2D eigenvalue weighted by atomic mass is 14.9. The maximum absolute atomic E-state index is 5.77. The van der Waals surface area contributed by atoms with Crippen LogP contribution in [0.4, 0.5) is 5.69 Å². The Morgan fingerprint density at radius 1 is 1.50 bits per heavy atom. The zero-order chi connectivity index (χ0) is 9.97. The summed E-state index contributed by atoms with van der Waals surface area (Å²) in [7, 11) is 0. The van der Waals surface area contributed by atoms with Crippen molar-refractivity contribution < 1.29 is 0 Å². The Bertz CT molecular complexity index is 307. The molecule has 0 fully saturated rings. The minimum absolute atomic E-state index is 0.322. The van der Waals surface area contributed by atoms with E-state index < -0.39 is 0 Å². The van der Waals surface area contributed by atoms with Gasteiger partial charge >= 0.3 is 0 Å². The van der Waals surface area contributed by atoms with Gasteiger partial charge in [-0.05, 0) is 31.4 Å². The molecule has 0 radical (unpaired) electrons. The normalized spacial score (nSPS) is 21.4. The Morgan fingerprint density at radius 3 is 3.07 bits per heavy atom. The van der Waals surface area contributed by atoms with Crippen LogP contribution < -0.4 is 11.1 Å². The van der Waals surface area contributed by atoms with Crippen molar-refractivity contribution in [1.29, 1.82) is 0 Å². The molecule has 2 nitrogen and oxygen atoms in total. The van der Waals surface area contributed by atoms with Gasteiger partial charge in [-0.25, -0.2) is 0 Å². The molecule has 0 spiro atoms. The highest BCUT2D eigenvalue weighted by Gasteiger charge is 2.20. The second kappa shape index (κ2) is 4.01. The third-order valence-corrected chi connectivity index (χ3v) is 2.91. The van der Waals surface area contributed by atoms with Gasteiger partial charge in [-0.3, -0.25) is 0 Å². The predicted molar refractivity (Wildman–Crippen MR) is 60.6 cm³/mol. The smallest absolute Gasteiger partial charge is 0.0376 e. The Morgan fingerprint density at radius 2 is 2.29 bits per heavy atom. The first-order valence-electron chi connectivity index (χ1n) is 5.36. The largest absolute Gasteiger partial charge is 0.384 e. The molecule has 1 aliphatic rings. The summed E-state index contributed by atoms with van der Waals surface area (Å²) in [4.78, 5) is 0. The lowest BCUT2D eigenvalue weighted by atomic mass is 9.95. The average molecular weight is 190 g/mol. The van der Waals surface area contributed by atoms with Crippen molar-refractivity contribution in [2.75, 3.05) is 11.9 Å². The molecule has 2 atom stereocenters. The number of para-hydroxylation sites is 1. The van der Waals surface area contributed by atoms with Gasteiger partial charge in [-0.1, -0.05) is 18.2 Å². The minimum atomic E-state index is 0.322. The highest BCUT2D eigenvalue weighted by Crippen LogP contribution is 2.33. The molecule has 1 aromatic carbocycles. The number of hydrogen-bond donors (Lipinski definition) is 2. The minimum Gasteiger partial charge on any atom is -0.384 e. The third kappa shape index (κ3) is 1.90. The first kappa shape index (κ1) is 9.53. The molecular weight excluding hydrogens is 172 g/mol. The van der Waals surface area contributed by atoms with Crippen LogP contribution in [-0.2, 0) is 0 Å². The van der Waals surface area contributed by atoms with E-state index >= 15 is 0 Å². The molecule has 2 rings (SSSR count). The summed E-state index contributed by atoms with van der Waals surface area (Å²) >= 11 is 0. The Kier molecular flexibility index (Phi) is 2.73. The lowest BCUT2D eigenvalue weighted by Gasteiger charge is -2.11. The molecule has 0 bridgehead atoms. The van der Waals surface area contributed by atoms with Gasteiger partial charge in [0.05, 0.1) is 0 Å². The summed E-state index contributed by atoms with van der Waals surface area (Å²) in [5, 5.41) is 3.43. The first-order valence-corrected chi connectivity index (χ1v) is 5.36. The van der Waals surface area contributed by atoms with E-state index in [2.05, 4.69) is 36.5 Å². The second-order valence-corrected chi connectivity index (χ2v) is 4.22. The molecule has 0 aliphatic carbocycles. The standard InChI is InChI=1S/C12H18N2/c1-9(13)6-7-10-8-14-12-5-3-2-4-11(10)12/h2-5,9-10,14H,6-8,13H2,1H3/t9-,10-/m0/s1. The fourth-order valence-corrected chi connectivity index (χ4v) is 2.08. The SMILES string of the molecule is C[C@H](N)CC[C@H]1CNc2ccccc21. The highest BCUT2D eigenvalue weighted by molar-refractivity contribution is 5.57. The van der Waals surface area contributed by atoms with Crippen molar-refractivity contribution in [3.8, 4) is 0 Å². The number of fused-ring (bicyclic) bond motifs is 1.